The van der Waals surface area contributed by atoms with Crippen molar-refractivity contribution >= 4 is 7.74 Å². The summed E-state index contributed by atoms with van der Waals surface area (Å²) < 4.78 is 62.6. The van der Waals surface area contributed by atoms with Gasteiger partial charge in [-0.1, -0.05) is 0 Å². The SMILES string of the molecule is CC1=[C]([Ti]([C]2=C(C)C=CC2)([c]2c(F)cccc2F)[c]2c(F)cccc2F)CC=C1. The summed E-state index contributed by atoms with van der Waals surface area (Å²) in [6, 6.07) is 7.34. The van der Waals surface area contributed by atoms with Gasteiger partial charge in [-0.2, -0.15) is 0 Å². The van der Waals surface area contributed by atoms with Crippen LogP contribution in [0.1, 0.15) is 26.7 Å². The van der Waals surface area contributed by atoms with Crippen LogP contribution >= 0.6 is 0 Å². The van der Waals surface area contributed by atoms with Gasteiger partial charge in [-0.25, -0.2) is 0 Å². The summed E-state index contributed by atoms with van der Waals surface area (Å²) in [4.78, 5) is 0. The molecule has 2 aliphatic rings. The van der Waals surface area contributed by atoms with Gasteiger partial charge in [-0.3, -0.25) is 0 Å². The molecule has 0 atom stereocenters. The van der Waals surface area contributed by atoms with Crippen LogP contribution in [0.25, 0.3) is 0 Å². The molecule has 0 nitrogen and oxygen atoms in total. The first-order chi connectivity index (χ1) is 13.9. The summed E-state index contributed by atoms with van der Waals surface area (Å²) in [5, 5.41) is 0. The third-order valence-corrected chi connectivity index (χ3v) is 14.4. The molecule has 29 heavy (non-hydrogen) atoms. The van der Waals surface area contributed by atoms with Crippen molar-refractivity contribution in [2.45, 2.75) is 26.7 Å². The van der Waals surface area contributed by atoms with Crippen LogP contribution in [0.15, 0.2) is 79.6 Å². The van der Waals surface area contributed by atoms with Gasteiger partial charge in [0.25, 0.3) is 0 Å². The van der Waals surface area contributed by atoms with Gasteiger partial charge in [0.2, 0.25) is 0 Å². The van der Waals surface area contributed by atoms with E-state index in [9.17, 15) is 0 Å². The molecule has 2 aromatic rings. The van der Waals surface area contributed by atoms with Crippen molar-refractivity contribution in [2.24, 2.45) is 0 Å². The zero-order valence-corrected chi connectivity index (χ0v) is 17.8. The van der Waals surface area contributed by atoms with Gasteiger partial charge in [0.05, 0.1) is 0 Å². The molecule has 0 aromatic heterocycles. The standard InChI is InChI=1S/2C6H3F2.2C6H7.Ti/c2*7-5-2-1-3-6(8)4-5;2*1-6-4-2-3-5-6;/h2*1-3H;2*2,4H,3H2,1H3;. The molecule has 4 rings (SSSR count). The molecule has 0 radical (unpaired) electrons. The van der Waals surface area contributed by atoms with E-state index in [1.165, 1.54) is 36.4 Å². The van der Waals surface area contributed by atoms with Crippen LogP contribution in [0.2, 0.25) is 0 Å². The first kappa shape index (κ1) is 20.1. The van der Waals surface area contributed by atoms with Crippen LogP contribution in [0.3, 0.4) is 0 Å². The van der Waals surface area contributed by atoms with Crippen molar-refractivity contribution in [1.82, 2.24) is 0 Å². The normalized spacial score (nSPS) is 16.5. The number of benzene rings is 2. The fraction of sp³-hybridized carbons (Fsp3) is 0.167. The molecule has 0 saturated carbocycles. The first-order valence-electron chi connectivity index (χ1n) is 9.51. The Labute approximate surface area is 171 Å². The Balaban J connectivity index is 2.26. The fourth-order valence-corrected chi connectivity index (χ4v) is 13.8. The molecule has 0 unspecified atom stereocenters. The predicted molar refractivity (Wildman–Crippen MR) is 105 cm³/mol. The summed E-state index contributed by atoms with van der Waals surface area (Å²) in [6.45, 7) is 3.71. The van der Waals surface area contributed by atoms with E-state index in [4.69, 9.17) is 0 Å². The second-order valence-electron chi connectivity index (χ2n) is 7.48. The van der Waals surface area contributed by atoms with E-state index >= 15 is 17.6 Å². The fourth-order valence-electron chi connectivity index (χ4n) is 4.75. The van der Waals surface area contributed by atoms with Gasteiger partial charge < -0.3 is 0 Å². The van der Waals surface area contributed by atoms with Crippen LogP contribution in [0, 0.1) is 23.3 Å². The number of halogens is 4. The number of hydrogen-bond donors (Lipinski definition) is 0. The predicted octanol–water partition coefficient (Wildman–Crippen LogP) is 5.82. The molecule has 2 aromatic carbocycles. The van der Waals surface area contributed by atoms with E-state index in [1.807, 2.05) is 38.2 Å². The average Bonchev–Trinajstić information content (AvgIpc) is 3.28. The van der Waals surface area contributed by atoms with Gasteiger partial charge in [-0.15, -0.1) is 0 Å². The Bertz CT molecular complexity index is 992. The molecule has 148 valence electrons. The molecule has 0 N–H and O–H groups in total. The van der Waals surface area contributed by atoms with Crippen molar-refractivity contribution in [2.75, 3.05) is 0 Å². The molecule has 5 heteroatoms. The zero-order chi connectivity index (χ0) is 20.8. The molecule has 0 amide bonds. The van der Waals surface area contributed by atoms with Gasteiger partial charge in [0.15, 0.2) is 0 Å². The summed E-state index contributed by atoms with van der Waals surface area (Å²) >= 11 is -4.60. The minimum absolute atomic E-state index is 0.146. The van der Waals surface area contributed by atoms with Crippen LogP contribution in [-0.4, -0.2) is 0 Å². The molecule has 0 spiro atoms. The van der Waals surface area contributed by atoms with E-state index in [-0.39, 0.29) is 7.74 Å². The van der Waals surface area contributed by atoms with Crippen molar-refractivity contribution < 1.29 is 34.2 Å². The summed E-state index contributed by atoms with van der Waals surface area (Å²) in [7, 11) is 0. The molecular weight excluding hydrogens is 412 g/mol. The molecule has 0 fully saturated rings. The van der Waals surface area contributed by atoms with Gasteiger partial charge in [0.1, 0.15) is 0 Å². The van der Waals surface area contributed by atoms with E-state index in [0.29, 0.717) is 12.8 Å². The van der Waals surface area contributed by atoms with Crippen LogP contribution in [-0.2, 0) is 16.6 Å². The summed E-state index contributed by atoms with van der Waals surface area (Å²) in [5.74, 6) is -2.97. The quantitative estimate of drug-likeness (QED) is 0.422. The van der Waals surface area contributed by atoms with E-state index < -0.39 is 39.9 Å². The van der Waals surface area contributed by atoms with E-state index in [0.717, 1.165) is 18.9 Å². The Morgan fingerprint density at radius 2 is 0.966 bits per heavy atom. The van der Waals surface area contributed by atoms with Gasteiger partial charge in [0, 0.05) is 0 Å². The van der Waals surface area contributed by atoms with E-state index in [2.05, 4.69) is 0 Å². The molecule has 0 saturated heterocycles. The monoisotopic (exact) mass is 432 g/mol. The minimum atomic E-state index is -4.60. The third kappa shape index (κ3) is 3.01. The second-order valence-corrected chi connectivity index (χ2v) is 13.3. The zero-order valence-electron chi connectivity index (χ0n) is 16.2. The number of allylic oxidation sites excluding steroid dienone is 8. The molecule has 0 bridgehead atoms. The number of hydrogen-bond acceptors (Lipinski definition) is 0. The van der Waals surface area contributed by atoms with Crippen LogP contribution in [0.5, 0.6) is 0 Å². The molecular formula is C24H20F4Ti. The van der Waals surface area contributed by atoms with Crippen LogP contribution in [0.4, 0.5) is 17.6 Å². The Morgan fingerprint density at radius 3 is 1.24 bits per heavy atom. The van der Waals surface area contributed by atoms with Crippen molar-refractivity contribution in [1.29, 1.82) is 0 Å². The third-order valence-electron chi connectivity index (χ3n) is 5.91. The molecule has 2 aliphatic carbocycles. The average molecular weight is 432 g/mol. The van der Waals surface area contributed by atoms with Crippen LogP contribution < -0.4 is 7.74 Å². The topological polar surface area (TPSA) is 0 Å². The molecule has 0 heterocycles. The second kappa shape index (κ2) is 7.58. The van der Waals surface area contributed by atoms with E-state index in [1.54, 1.807) is 0 Å². The Kier molecular flexibility index (Phi) is 5.26. The molecule has 0 aliphatic heterocycles. The maximum absolute atomic E-state index is 15.3. The van der Waals surface area contributed by atoms with Crippen molar-refractivity contribution in [3.8, 4) is 0 Å². The maximum atomic E-state index is 15.3. The van der Waals surface area contributed by atoms with Crippen molar-refractivity contribution in [3.05, 3.63) is 103 Å². The first-order valence-corrected chi connectivity index (χ1v) is 12.6. The summed E-state index contributed by atoms with van der Waals surface area (Å²) in [6.07, 6.45) is 8.44. The van der Waals surface area contributed by atoms with Gasteiger partial charge >= 0.3 is 171 Å². The number of rotatable bonds is 4. The summed E-state index contributed by atoms with van der Waals surface area (Å²) in [5.41, 5.74) is 1.67. The van der Waals surface area contributed by atoms with Crippen molar-refractivity contribution in [3.63, 3.8) is 0 Å². The Hall–Kier alpha value is -2.17. The Morgan fingerprint density at radius 1 is 0.621 bits per heavy atom. The van der Waals surface area contributed by atoms with Gasteiger partial charge in [-0.05, 0) is 0 Å².